The molecule has 0 aromatic carbocycles. The minimum atomic E-state index is -1.03. The number of thioether (sulfide) groups is 1. The van der Waals surface area contributed by atoms with Crippen molar-refractivity contribution in [1.29, 1.82) is 0 Å². The number of carbonyl (C=O) groups excluding carboxylic acids is 1. The Morgan fingerprint density at radius 2 is 1.94 bits per heavy atom. The Kier molecular flexibility index (Phi) is 7.82. The highest BCUT2D eigenvalue weighted by atomic mass is 32.2. The first-order valence-corrected chi connectivity index (χ1v) is 7.21. The molecule has 1 atom stereocenters. The van der Waals surface area contributed by atoms with E-state index in [2.05, 4.69) is 12.2 Å². The molecule has 0 aliphatic carbocycles. The summed E-state index contributed by atoms with van der Waals surface area (Å²) < 4.78 is 5.03. The maximum atomic E-state index is 11.5. The van der Waals surface area contributed by atoms with Gasteiger partial charge in [-0.25, -0.2) is 9.59 Å². The van der Waals surface area contributed by atoms with Crippen LogP contribution in [0.5, 0.6) is 0 Å². The van der Waals surface area contributed by atoms with E-state index in [0.29, 0.717) is 12.2 Å². The van der Waals surface area contributed by atoms with E-state index in [1.807, 2.05) is 0 Å². The zero-order valence-electron chi connectivity index (χ0n) is 11.5. The standard InChI is InChI=1S/C12H23NO4S/c1-5-7-18-8-6-9(10(14)15)13-11(16)17-12(2,3)4/h9H,5-8H2,1-4H3,(H,13,16)(H,14,15). The fourth-order valence-corrected chi connectivity index (χ4v) is 2.05. The second-order valence-electron chi connectivity index (χ2n) is 4.94. The van der Waals surface area contributed by atoms with Crippen LogP contribution in [0.3, 0.4) is 0 Å². The van der Waals surface area contributed by atoms with Gasteiger partial charge in [-0.3, -0.25) is 0 Å². The number of hydrogen-bond donors (Lipinski definition) is 2. The molecule has 106 valence electrons. The number of nitrogens with one attached hydrogen (secondary N) is 1. The average Bonchev–Trinajstić information content (AvgIpc) is 2.19. The van der Waals surface area contributed by atoms with Crippen molar-refractivity contribution in [3.05, 3.63) is 0 Å². The quantitative estimate of drug-likeness (QED) is 0.699. The van der Waals surface area contributed by atoms with E-state index in [1.54, 1.807) is 32.5 Å². The van der Waals surface area contributed by atoms with Crippen LogP contribution >= 0.6 is 11.8 Å². The minimum absolute atomic E-state index is 0.402. The molecule has 0 aliphatic heterocycles. The van der Waals surface area contributed by atoms with Crippen molar-refractivity contribution in [2.24, 2.45) is 0 Å². The Morgan fingerprint density at radius 3 is 2.39 bits per heavy atom. The number of aliphatic carboxylic acids is 1. The molecule has 2 N–H and O–H groups in total. The summed E-state index contributed by atoms with van der Waals surface area (Å²) in [6.45, 7) is 7.28. The molecule has 0 radical (unpaired) electrons. The van der Waals surface area contributed by atoms with Crippen molar-refractivity contribution >= 4 is 23.8 Å². The van der Waals surface area contributed by atoms with Gasteiger partial charge in [0.25, 0.3) is 0 Å². The Hall–Kier alpha value is -0.910. The highest BCUT2D eigenvalue weighted by Gasteiger charge is 2.23. The van der Waals surface area contributed by atoms with Gasteiger partial charge in [-0.15, -0.1) is 0 Å². The molecule has 0 saturated heterocycles. The van der Waals surface area contributed by atoms with Gasteiger partial charge in [-0.05, 0) is 45.1 Å². The van der Waals surface area contributed by atoms with E-state index in [9.17, 15) is 9.59 Å². The molecule has 6 heteroatoms. The van der Waals surface area contributed by atoms with Gasteiger partial charge in [0.15, 0.2) is 0 Å². The smallest absolute Gasteiger partial charge is 0.408 e. The first-order chi connectivity index (χ1) is 8.26. The fourth-order valence-electron chi connectivity index (χ4n) is 1.15. The van der Waals surface area contributed by atoms with Crippen LogP contribution < -0.4 is 5.32 Å². The van der Waals surface area contributed by atoms with E-state index in [0.717, 1.165) is 12.2 Å². The zero-order chi connectivity index (χ0) is 14.2. The minimum Gasteiger partial charge on any atom is -0.480 e. The Bertz CT molecular complexity index is 276. The predicted octanol–water partition coefficient (Wildman–Crippen LogP) is 2.50. The molecular formula is C12H23NO4S. The van der Waals surface area contributed by atoms with Gasteiger partial charge in [-0.1, -0.05) is 6.92 Å². The van der Waals surface area contributed by atoms with Crippen molar-refractivity contribution in [1.82, 2.24) is 5.32 Å². The highest BCUT2D eigenvalue weighted by Crippen LogP contribution is 2.09. The van der Waals surface area contributed by atoms with Crippen LogP contribution in [0.4, 0.5) is 4.79 Å². The van der Waals surface area contributed by atoms with Gasteiger partial charge in [-0.2, -0.15) is 11.8 Å². The summed E-state index contributed by atoms with van der Waals surface area (Å²) in [5.74, 6) is 0.678. The lowest BCUT2D eigenvalue weighted by atomic mass is 10.2. The number of carboxylic acid groups (broad SMARTS) is 1. The van der Waals surface area contributed by atoms with Crippen LogP contribution in [0.1, 0.15) is 40.5 Å². The lowest BCUT2D eigenvalue weighted by Crippen LogP contribution is -2.43. The van der Waals surface area contributed by atoms with Crippen LogP contribution in [-0.2, 0) is 9.53 Å². The normalized spacial score (nSPS) is 12.9. The molecule has 5 nitrogen and oxygen atoms in total. The second-order valence-corrected chi connectivity index (χ2v) is 6.16. The Balaban J connectivity index is 4.11. The summed E-state index contributed by atoms with van der Waals surface area (Å²) >= 11 is 1.68. The van der Waals surface area contributed by atoms with Gasteiger partial charge in [0.2, 0.25) is 0 Å². The third-order valence-corrected chi connectivity index (χ3v) is 3.11. The number of carbonyl (C=O) groups is 2. The van der Waals surface area contributed by atoms with Crippen molar-refractivity contribution in [3.8, 4) is 0 Å². The van der Waals surface area contributed by atoms with E-state index >= 15 is 0 Å². The molecular weight excluding hydrogens is 254 g/mol. The summed E-state index contributed by atoms with van der Waals surface area (Å²) in [6.07, 6.45) is 0.775. The molecule has 0 aromatic rings. The second kappa shape index (κ2) is 8.24. The van der Waals surface area contributed by atoms with Crippen molar-refractivity contribution in [2.45, 2.75) is 52.2 Å². The van der Waals surface area contributed by atoms with Gasteiger partial charge < -0.3 is 15.2 Å². The van der Waals surface area contributed by atoms with Gasteiger partial charge in [0.1, 0.15) is 11.6 Å². The van der Waals surface area contributed by atoms with E-state index < -0.39 is 23.7 Å². The SMILES string of the molecule is CCCSCCC(NC(=O)OC(C)(C)C)C(=O)O. The largest absolute Gasteiger partial charge is 0.480 e. The first-order valence-electron chi connectivity index (χ1n) is 6.06. The monoisotopic (exact) mass is 277 g/mol. The number of ether oxygens (including phenoxy) is 1. The lowest BCUT2D eigenvalue weighted by molar-refractivity contribution is -0.139. The molecule has 0 aliphatic rings. The van der Waals surface area contributed by atoms with Crippen LogP contribution in [0, 0.1) is 0 Å². The van der Waals surface area contributed by atoms with Gasteiger partial charge >= 0.3 is 12.1 Å². The average molecular weight is 277 g/mol. The summed E-state index contributed by atoms with van der Waals surface area (Å²) in [5, 5.41) is 11.4. The maximum absolute atomic E-state index is 11.5. The number of hydrogen-bond acceptors (Lipinski definition) is 4. The predicted molar refractivity (Wildman–Crippen MR) is 73.0 cm³/mol. The third-order valence-electron chi connectivity index (χ3n) is 1.89. The number of amides is 1. The van der Waals surface area contributed by atoms with Crippen LogP contribution in [0.2, 0.25) is 0 Å². The van der Waals surface area contributed by atoms with Crippen molar-refractivity contribution < 1.29 is 19.4 Å². The van der Waals surface area contributed by atoms with Crippen LogP contribution in [0.25, 0.3) is 0 Å². The van der Waals surface area contributed by atoms with Crippen LogP contribution in [0.15, 0.2) is 0 Å². The summed E-state index contributed by atoms with van der Waals surface area (Å²) in [4.78, 5) is 22.4. The molecule has 0 rings (SSSR count). The summed E-state index contributed by atoms with van der Waals surface area (Å²) in [6, 6.07) is -0.885. The number of carboxylic acids is 1. The van der Waals surface area contributed by atoms with E-state index in [4.69, 9.17) is 9.84 Å². The van der Waals surface area contributed by atoms with Gasteiger partial charge in [0.05, 0.1) is 0 Å². The maximum Gasteiger partial charge on any atom is 0.408 e. The summed E-state index contributed by atoms with van der Waals surface area (Å²) in [5.41, 5.74) is -0.621. The third kappa shape index (κ3) is 9.15. The number of alkyl carbamates (subject to hydrolysis) is 1. The van der Waals surface area contributed by atoms with Crippen molar-refractivity contribution in [3.63, 3.8) is 0 Å². The molecule has 1 unspecified atom stereocenters. The van der Waals surface area contributed by atoms with E-state index in [1.165, 1.54) is 0 Å². The fraction of sp³-hybridized carbons (Fsp3) is 0.833. The van der Waals surface area contributed by atoms with Crippen LogP contribution in [-0.4, -0.2) is 40.3 Å². The van der Waals surface area contributed by atoms with Crippen molar-refractivity contribution in [2.75, 3.05) is 11.5 Å². The first kappa shape index (κ1) is 17.1. The number of rotatable bonds is 7. The topological polar surface area (TPSA) is 75.6 Å². The zero-order valence-corrected chi connectivity index (χ0v) is 12.3. The molecule has 0 aromatic heterocycles. The molecule has 0 fully saturated rings. The Morgan fingerprint density at radius 1 is 1.33 bits per heavy atom. The van der Waals surface area contributed by atoms with Gasteiger partial charge in [0, 0.05) is 0 Å². The summed E-state index contributed by atoms with van der Waals surface area (Å²) in [7, 11) is 0. The van der Waals surface area contributed by atoms with E-state index in [-0.39, 0.29) is 0 Å². The molecule has 0 bridgehead atoms. The lowest BCUT2D eigenvalue weighted by Gasteiger charge is -2.21. The molecule has 0 spiro atoms. The molecule has 18 heavy (non-hydrogen) atoms. The molecule has 1 amide bonds. The molecule has 0 heterocycles. The molecule has 0 saturated carbocycles. The Labute approximate surface area is 113 Å². The highest BCUT2D eigenvalue weighted by molar-refractivity contribution is 7.99.